The Morgan fingerprint density at radius 3 is 2.91 bits per heavy atom. The molecule has 2 atom stereocenters. The molecular formula is C24H24ClN7O3. The number of urea groups is 1. The van der Waals surface area contributed by atoms with Crippen LogP contribution in [0, 0.1) is 6.92 Å². The largest absolute Gasteiger partial charge is 0.458 e. The number of carbonyl (C=O) groups excluding carboxylic acids is 1. The second-order valence-electron chi connectivity index (χ2n) is 8.86. The lowest BCUT2D eigenvalue weighted by atomic mass is 10.1. The molecule has 0 aliphatic carbocycles. The second kappa shape index (κ2) is 8.94. The fraction of sp³-hybridized carbons (Fsp3) is 0.375. The van der Waals surface area contributed by atoms with Gasteiger partial charge in [-0.15, -0.1) is 0 Å². The Bertz CT molecular complexity index is 1280. The van der Waals surface area contributed by atoms with Crippen molar-refractivity contribution < 1.29 is 14.3 Å². The minimum atomic E-state index is -0.307. The first-order valence-electron chi connectivity index (χ1n) is 11.6. The van der Waals surface area contributed by atoms with E-state index in [-0.39, 0.29) is 24.2 Å². The van der Waals surface area contributed by atoms with E-state index >= 15 is 0 Å². The number of pyridine rings is 2. The van der Waals surface area contributed by atoms with Gasteiger partial charge in [-0.05, 0) is 37.6 Å². The van der Waals surface area contributed by atoms with Crippen molar-refractivity contribution in [3.8, 4) is 17.3 Å². The van der Waals surface area contributed by atoms with Crippen LogP contribution in [0.4, 0.5) is 22.1 Å². The second-order valence-corrected chi connectivity index (χ2v) is 9.27. The number of aromatic nitrogens is 4. The van der Waals surface area contributed by atoms with Gasteiger partial charge < -0.3 is 14.4 Å². The molecule has 180 valence electrons. The summed E-state index contributed by atoms with van der Waals surface area (Å²) >= 11 is 6.66. The third kappa shape index (κ3) is 4.23. The van der Waals surface area contributed by atoms with E-state index < -0.39 is 0 Å². The first-order chi connectivity index (χ1) is 17.0. The number of ether oxygens (including phenoxy) is 2. The minimum Gasteiger partial charge on any atom is -0.458 e. The van der Waals surface area contributed by atoms with E-state index in [1.807, 2.05) is 25.1 Å². The molecule has 0 aromatic carbocycles. The normalized spacial score (nSPS) is 20.6. The van der Waals surface area contributed by atoms with Gasteiger partial charge in [-0.25, -0.2) is 14.8 Å². The highest BCUT2D eigenvalue weighted by Crippen LogP contribution is 2.43. The van der Waals surface area contributed by atoms with E-state index in [4.69, 9.17) is 26.1 Å². The van der Waals surface area contributed by atoms with Gasteiger partial charge in [-0.1, -0.05) is 11.6 Å². The molecule has 3 aliphatic rings. The van der Waals surface area contributed by atoms with Crippen LogP contribution in [0.2, 0.25) is 5.02 Å². The summed E-state index contributed by atoms with van der Waals surface area (Å²) in [5.41, 5.74) is 3.18. The molecule has 10 nitrogen and oxygen atoms in total. The molecule has 3 aromatic rings. The van der Waals surface area contributed by atoms with Gasteiger partial charge in [-0.2, -0.15) is 4.98 Å². The zero-order valence-electron chi connectivity index (χ0n) is 19.1. The van der Waals surface area contributed by atoms with Gasteiger partial charge in [0.15, 0.2) is 5.82 Å². The van der Waals surface area contributed by atoms with Gasteiger partial charge in [0.05, 0.1) is 35.7 Å². The number of nitrogens with zero attached hydrogens (tertiary/aromatic N) is 6. The van der Waals surface area contributed by atoms with Crippen LogP contribution in [0.3, 0.4) is 0 Å². The number of fused-ring (bicyclic) bond motifs is 4. The van der Waals surface area contributed by atoms with Crippen molar-refractivity contribution in [2.75, 3.05) is 41.4 Å². The summed E-state index contributed by atoms with van der Waals surface area (Å²) in [7, 11) is 0. The highest BCUT2D eigenvalue weighted by Gasteiger charge is 2.41. The van der Waals surface area contributed by atoms with Crippen LogP contribution >= 0.6 is 11.6 Å². The fourth-order valence-corrected chi connectivity index (χ4v) is 5.03. The first-order valence-corrected chi connectivity index (χ1v) is 12.0. The Labute approximate surface area is 207 Å². The Morgan fingerprint density at radius 1 is 1.20 bits per heavy atom. The predicted octanol–water partition coefficient (Wildman–Crippen LogP) is 3.69. The molecule has 0 spiro atoms. The lowest BCUT2D eigenvalue weighted by Gasteiger charge is -2.36. The summed E-state index contributed by atoms with van der Waals surface area (Å²) in [6, 6.07) is 7.24. The van der Waals surface area contributed by atoms with Crippen molar-refractivity contribution in [2.24, 2.45) is 0 Å². The van der Waals surface area contributed by atoms with Gasteiger partial charge in [0.25, 0.3) is 0 Å². The molecule has 6 rings (SSSR count). The first kappa shape index (κ1) is 22.0. The Morgan fingerprint density at radius 2 is 2.09 bits per heavy atom. The maximum Gasteiger partial charge on any atom is 0.329 e. The number of carbonyl (C=O) groups is 1. The third-order valence-corrected chi connectivity index (χ3v) is 6.74. The number of rotatable bonds is 4. The number of hydrogen-bond donors (Lipinski definition) is 1. The van der Waals surface area contributed by atoms with Crippen molar-refractivity contribution in [3.63, 3.8) is 0 Å². The fourth-order valence-electron chi connectivity index (χ4n) is 4.77. The van der Waals surface area contributed by atoms with Gasteiger partial charge in [0.1, 0.15) is 11.9 Å². The Balaban J connectivity index is 1.31. The Hall–Kier alpha value is -3.50. The predicted molar refractivity (Wildman–Crippen MR) is 131 cm³/mol. The molecule has 1 N–H and O–H groups in total. The molecule has 3 aliphatic heterocycles. The van der Waals surface area contributed by atoms with Crippen molar-refractivity contribution in [3.05, 3.63) is 47.4 Å². The molecule has 6 heterocycles. The average molecular weight is 494 g/mol. The van der Waals surface area contributed by atoms with E-state index in [2.05, 4.69) is 25.2 Å². The summed E-state index contributed by atoms with van der Waals surface area (Å²) < 4.78 is 11.1. The quantitative estimate of drug-likeness (QED) is 0.586. The van der Waals surface area contributed by atoms with E-state index in [1.54, 1.807) is 23.4 Å². The lowest BCUT2D eigenvalue weighted by molar-refractivity contribution is 0.134. The van der Waals surface area contributed by atoms with Crippen molar-refractivity contribution >= 4 is 35.0 Å². The van der Waals surface area contributed by atoms with Crippen molar-refractivity contribution in [1.29, 1.82) is 0 Å². The number of halogens is 1. The van der Waals surface area contributed by atoms with E-state index in [1.165, 1.54) is 0 Å². The molecule has 11 heteroatoms. The molecular weight excluding hydrogens is 470 g/mol. The topological polar surface area (TPSA) is 106 Å². The molecule has 1 unspecified atom stereocenters. The third-order valence-electron chi connectivity index (χ3n) is 6.45. The van der Waals surface area contributed by atoms with Crippen LogP contribution in [0.5, 0.6) is 6.01 Å². The summed E-state index contributed by atoms with van der Waals surface area (Å²) in [4.78, 5) is 35.2. The molecule has 2 amide bonds. The lowest BCUT2D eigenvalue weighted by Crippen LogP contribution is -2.48. The summed E-state index contributed by atoms with van der Waals surface area (Å²) in [5, 5.41) is 3.44. The molecule has 35 heavy (non-hydrogen) atoms. The van der Waals surface area contributed by atoms with Gasteiger partial charge >= 0.3 is 12.0 Å². The van der Waals surface area contributed by atoms with Crippen LogP contribution in [-0.2, 0) is 4.74 Å². The highest BCUT2D eigenvalue weighted by atomic mass is 35.5. The van der Waals surface area contributed by atoms with Crippen LogP contribution in [0.25, 0.3) is 11.3 Å². The minimum absolute atomic E-state index is 0.00334. The monoisotopic (exact) mass is 493 g/mol. The van der Waals surface area contributed by atoms with Gasteiger partial charge in [0, 0.05) is 43.2 Å². The van der Waals surface area contributed by atoms with Crippen molar-refractivity contribution in [1.82, 2.24) is 19.9 Å². The maximum absolute atomic E-state index is 13.6. The van der Waals surface area contributed by atoms with Crippen LogP contribution in [-0.4, -0.2) is 64.4 Å². The number of nitrogens with one attached hydrogen (secondary N) is 1. The summed E-state index contributed by atoms with van der Waals surface area (Å²) in [5.74, 6) is 0.943. The van der Waals surface area contributed by atoms with Crippen molar-refractivity contribution in [2.45, 2.75) is 31.9 Å². The molecule has 0 radical (unpaired) electrons. The number of amides is 2. The molecule has 2 saturated heterocycles. The molecule has 2 bridgehead atoms. The molecule has 2 fully saturated rings. The van der Waals surface area contributed by atoms with E-state index in [0.717, 1.165) is 42.9 Å². The number of anilines is 3. The van der Waals surface area contributed by atoms with Crippen LogP contribution in [0.15, 0.2) is 36.7 Å². The molecule has 3 aromatic heterocycles. The van der Waals surface area contributed by atoms with Crippen LogP contribution in [0.1, 0.15) is 18.5 Å². The SMILES string of the molecule is Cc1cc(-c2nc3c(cc2Cl)N2CC[C@@H](C2)N3C(=O)Nc2ccnc(OC3CCOC3)n2)ccn1. The van der Waals surface area contributed by atoms with Gasteiger partial charge in [0.2, 0.25) is 0 Å². The smallest absolute Gasteiger partial charge is 0.329 e. The maximum atomic E-state index is 13.6. The van der Waals surface area contributed by atoms with E-state index in [9.17, 15) is 4.79 Å². The standard InChI is InChI=1S/C24H24ClN7O3/c1-14-10-15(2-6-26-14)21-18(25)11-19-22(30-21)32(16-4-8-31(19)12-16)24(33)29-20-3-7-27-23(28-20)35-17-5-9-34-13-17/h2-3,6-7,10-11,16-17H,4-5,8-9,12-13H2,1H3,(H,27,28,29,33)/t16-,17?/m0/s1. The zero-order valence-corrected chi connectivity index (χ0v) is 19.9. The highest BCUT2D eigenvalue weighted by molar-refractivity contribution is 6.33. The van der Waals surface area contributed by atoms with E-state index in [0.29, 0.717) is 35.6 Å². The molecule has 0 saturated carbocycles. The summed E-state index contributed by atoms with van der Waals surface area (Å²) in [6.07, 6.45) is 4.84. The Kier molecular flexibility index (Phi) is 5.62. The number of hydrogen-bond acceptors (Lipinski definition) is 8. The van der Waals surface area contributed by atoms with Gasteiger partial charge in [-0.3, -0.25) is 15.2 Å². The number of aryl methyl sites for hydroxylation is 1. The zero-order chi connectivity index (χ0) is 23.9. The summed E-state index contributed by atoms with van der Waals surface area (Å²) in [6.45, 7) is 4.65. The van der Waals surface area contributed by atoms with Crippen LogP contribution < -0.4 is 19.9 Å². The average Bonchev–Trinajstić information content (AvgIpc) is 3.50.